The molecule has 0 radical (unpaired) electrons. The Morgan fingerprint density at radius 2 is 2.20 bits per heavy atom. The van der Waals surface area contributed by atoms with Crippen LogP contribution < -0.4 is 15.8 Å². The van der Waals surface area contributed by atoms with E-state index in [0.29, 0.717) is 30.3 Å². The average Bonchev–Trinajstić information content (AvgIpc) is 2.46. The fourth-order valence-electron chi connectivity index (χ4n) is 2.05. The Hall–Kier alpha value is -1.79. The van der Waals surface area contributed by atoms with Gasteiger partial charge in [0, 0.05) is 18.9 Å². The van der Waals surface area contributed by atoms with Gasteiger partial charge in [-0.25, -0.2) is 0 Å². The largest absolute Gasteiger partial charge is 0.495 e. The Labute approximate surface area is 118 Å². The summed E-state index contributed by atoms with van der Waals surface area (Å²) < 4.78 is 16.0. The van der Waals surface area contributed by atoms with Gasteiger partial charge in [0.1, 0.15) is 12.4 Å². The lowest BCUT2D eigenvalue weighted by Gasteiger charge is -2.22. The molecular formula is C14H20N2O4. The van der Waals surface area contributed by atoms with Crippen LogP contribution in [0.3, 0.4) is 0 Å². The summed E-state index contributed by atoms with van der Waals surface area (Å²) in [4.78, 5) is 11.9. The van der Waals surface area contributed by atoms with Crippen LogP contribution in [0.5, 0.6) is 5.75 Å². The highest BCUT2D eigenvalue weighted by atomic mass is 16.5. The number of benzene rings is 1. The lowest BCUT2D eigenvalue weighted by molar-refractivity contribution is -0.124. The zero-order valence-electron chi connectivity index (χ0n) is 11.6. The molecular weight excluding hydrogens is 260 g/mol. The molecule has 1 amide bonds. The van der Waals surface area contributed by atoms with Crippen LogP contribution in [-0.4, -0.2) is 38.9 Å². The molecule has 0 aliphatic carbocycles. The molecule has 0 spiro atoms. The first-order chi connectivity index (χ1) is 9.69. The summed E-state index contributed by atoms with van der Waals surface area (Å²) in [7, 11) is 1.54. The fraction of sp³-hybridized carbons (Fsp3) is 0.500. The van der Waals surface area contributed by atoms with Crippen LogP contribution in [-0.2, 0) is 14.3 Å². The predicted octanol–water partition coefficient (Wildman–Crippen LogP) is 1.41. The number of amides is 1. The van der Waals surface area contributed by atoms with Crippen LogP contribution in [0.1, 0.15) is 12.8 Å². The highest BCUT2D eigenvalue weighted by Gasteiger charge is 2.16. The van der Waals surface area contributed by atoms with Crippen LogP contribution in [0.2, 0.25) is 0 Å². The van der Waals surface area contributed by atoms with Crippen LogP contribution in [0, 0.1) is 0 Å². The molecule has 6 heteroatoms. The molecule has 1 saturated heterocycles. The van der Waals surface area contributed by atoms with Crippen LogP contribution in [0.25, 0.3) is 0 Å². The second kappa shape index (κ2) is 7.12. The molecule has 110 valence electrons. The van der Waals surface area contributed by atoms with Gasteiger partial charge in [-0.2, -0.15) is 0 Å². The number of hydrogen-bond acceptors (Lipinski definition) is 5. The van der Waals surface area contributed by atoms with Crippen molar-refractivity contribution >= 4 is 17.3 Å². The van der Waals surface area contributed by atoms with E-state index in [2.05, 4.69) is 5.32 Å². The molecule has 20 heavy (non-hydrogen) atoms. The van der Waals surface area contributed by atoms with E-state index in [1.165, 1.54) is 0 Å². The van der Waals surface area contributed by atoms with E-state index in [0.717, 1.165) is 12.8 Å². The highest BCUT2D eigenvalue weighted by molar-refractivity contribution is 5.93. The van der Waals surface area contributed by atoms with Crippen molar-refractivity contribution in [3.05, 3.63) is 18.2 Å². The van der Waals surface area contributed by atoms with Gasteiger partial charge in [-0.3, -0.25) is 4.79 Å². The van der Waals surface area contributed by atoms with E-state index >= 15 is 0 Å². The standard InChI is InChI=1S/C14H20N2O4/c1-18-13-3-2-10(15)8-12(13)16-14(17)9-20-11-4-6-19-7-5-11/h2-3,8,11H,4-7,9,15H2,1H3,(H,16,17). The van der Waals surface area contributed by atoms with Gasteiger partial charge in [0.05, 0.1) is 18.9 Å². The molecule has 1 fully saturated rings. The first-order valence-electron chi connectivity index (χ1n) is 6.61. The number of anilines is 2. The van der Waals surface area contributed by atoms with Crippen molar-refractivity contribution in [2.75, 3.05) is 38.0 Å². The van der Waals surface area contributed by atoms with Gasteiger partial charge in [0.2, 0.25) is 5.91 Å². The third kappa shape index (κ3) is 4.11. The minimum Gasteiger partial charge on any atom is -0.495 e. The first kappa shape index (κ1) is 14.6. The van der Waals surface area contributed by atoms with Crippen molar-refractivity contribution in [2.45, 2.75) is 18.9 Å². The molecule has 2 rings (SSSR count). The molecule has 6 nitrogen and oxygen atoms in total. The van der Waals surface area contributed by atoms with Crippen LogP contribution >= 0.6 is 0 Å². The van der Waals surface area contributed by atoms with E-state index in [-0.39, 0.29) is 18.6 Å². The van der Waals surface area contributed by atoms with Gasteiger partial charge >= 0.3 is 0 Å². The number of nitrogens with two attached hydrogens (primary N) is 1. The summed E-state index contributed by atoms with van der Waals surface area (Å²) in [6, 6.07) is 5.09. The highest BCUT2D eigenvalue weighted by Crippen LogP contribution is 2.26. The Kier molecular flexibility index (Phi) is 5.20. The number of carbonyl (C=O) groups excluding carboxylic acids is 1. The van der Waals surface area contributed by atoms with Gasteiger partial charge in [-0.15, -0.1) is 0 Å². The van der Waals surface area contributed by atoms with Crippen molar-refractivity contribution in [3.63, 3.8) is 0 Å². The third-order valence-corrected chi connectivity index (χ3v) is 3.12. The molecule has 0 bridgehead atoms. The van der Waals surface area contributed by atoms with Gasteiger partial charge in [-0.1, -0.05) is 0 Å². The summed E-state index contributed by atoms with van der Waals surface area (Å²) >= 11 is 0. The van der Waals surface area contributed by atoms with E-state index in [9.17, 15) is 4.79 Å². The maximum Gasteiger partial charge on any atom is 0.250 e. The number of nitrogen functional groups attached to an aromatic ring is 1. The molecule has 1 aromatic rings. The third-order valence-electron chi connectivity index (χ3n) is 3.12. The Balaban J connectivity index is 1.86. The summed E-state index contributed by atoms with van der Waals surface area (Å²) in [6.07, 6.45) is 1.75. The first-order valence-corrected chi connectivity index (χ1v) is 6.61. The molecule has 0 unspecified atom stereocenters. The van der Waals surface area contributed by atoms with Crippen molar-refractivity contribution in [2.24, 2.45) is 0 Å². The molecule has 1 heterocycles. The molecule has 0 atom stereocenters. The SMILES string of the molecule is COc1ccc(N)cc1NC(=O)COC1CCOCC1. The van der Waals surface area contributed by atoms with Crippen LogP contribution in [0.15, 0.2) is 18.2 Å². The summed E-state index contributed by atoms with van der Waals surface area (Å²) in [5.74, 6) is 0.346. The topological polar surface area (TPSA) is 82.8 Å². The Bertz CT molecular complexity index is 458. The molecule has 0 aromatic heterocycles. The lowest BCUT2D eigenvalue weighted by Crippen LogP contribution is -2.28. The lowest BCUT2D eigenvalue weighted by atomic mass is 10.1. The Morgan fingerprint density at radius 3 is 2.90 bits per heavy atom. The number of ether oxygens (including phenoxy) is 3. The normalized spacial score (nSPS) is 15.8. The number of carbonyl (C=O) groups is 1. The molecule has 3 N–H and O–H groups in total. The molecule has 1 aliphatic rings. The molecule has 1 aliphatic heterocycles. The van der Waals surface area contributed by atoms with Crippen molar-refractivity contribution in [3.8, 4) is 5.75 Å². The average molecular weight is 280 g/mol. The van der Waals surface area contributed by atoms with Gasteiger partial charge < -0.3 is 25.3 Å². The number of nitrogens with one attached hydrogen (secondary N) is 1. The van der Waals surface area contributed by atoms with Crippen LogP contribution in [0.4, 0.5) is 11.4 Å². The van der Waals surface area contributed by atoms with Gasteiger partial charge in [0.15, 0.2) is 0 Å². The van der Waals surface area contributed by atoms with Gasteiger partial charge in [-0.05, 0) is 31.0 Å². The maximum atomic E-state index is 11.9. The monoisotopic (exact) mass is 280 g/mol. The summed E-state index contributed by atoms with van der Waals surface area (Å²) in [6.45, 7) is 1.40. The quantitative estimate of drug-likeness (QED) is 0.797. The molecule has 1 aromatic carbocycles. The predicted molar refractivity (Wildman–Crippen MR) is 75.8 cm³/mol. The second-order valence-corrected chi connectivity index (χ2v) is 4.63. The van der Waals surface area contributed by atoms with E-state index < -0.39 is 0 Å². The van der Waals surface area contributed by atoms with E-state index in [1.807, 2.05) is 0 Å². The minimum absolute atomic E-state index is 0.0165. The van der Waals surface area contributed by atoms with E-state index in [1.54, 1.807) is 25.3 Å². The zero-order chi connectivity index (χ0) is 14.4. The maximum absolute atomic E-state index is 11.9. The Morgan fingerprint density at radius 1 is 1.45 bits per heavy atom. The number of methoxy groups -OCH3 is 1. The molecule has 0 saturated carbocycles. The van der Waals surface area contributed by atoms with Crippen molar-refractivity contribution in [1.29, 1.82) is 0 Å². The van der Waals surface area contributed by atoms with Gasteiger partial charge in [0.25, 0.3) is 0 Å². The fourth-order valence-corrected chi connectivity index (χ4v) is 2.05. The minimum atomic E-state index is -0.222. The zero-order valence-corrected chi connectivity index (χ0v) is 11.6. The second-order valence-electron chi connectivity index (χ2n) is 4.63. The smallest absolute Gasteiger partial charge is 0.250 e. The summed E-state index contributed by atoms with van der Waals surface area (Å²) in [5.41, 5.74) is 6.81. The number of rotatable bonds is 5. The van der Waals surface area contributed by atoms with Crippen molar-refractivity contribution in [1.82, 2.24) is 0 Å². The van der Waals surface area contributed by atoms with E-state index in [4.69, 9.17) is 19.9 Å². The van der Waals surface area contributed by atoms with Crippen molar-refractivity contribution < 1.29 is 19.0 Å². The number of hydrogen-bond donors (Lipinski definition) is 2. The summed E-state index contributed by atoms with van der Waals surface area (Å²) in [5, 5.41) is 2.74.